The Balaban J connectivity index is 2.71. The number of carbonyl (C=O) groups excluding carboxylic acids is 3. The van der Waals surface area contributed by atoms with E-state index in [2.05, 4.69) is 15.4 Å². The Hall–Kier alpha value is -2.64. The molecule has 0 saturated heterocycles. The Morgan fingerprint density at radius 3 is 2.39 bits per heavy atom. The lowest BCUT2D eigenvalue weighted by atomic mass is 10.1. The molecule has 2 N–H and O–H groups in total. The molecule has 0 aliphatic carbocycles. The van der Waals surface area contributed by atoms with Crippen LogP contribution in [0.5, 0.6) is 0 Å². The number of esters is 1. The summed E-state index contributed by atoms with van der Waals surface area (Å²) in [7, 11) is 1.23. The number of carbonyl (C=O) groups is 3. The second-order valence-electron chi connectivity index (χ2n) is 4.45. The van der Waals surface area contributed by atoms with E-state index in [1.165, 1.54) is 31.4 Å². The summed E-state index contributed by atoms with van der Waals surface area (Å²) >= 11 is 0. The van der Waals surface area contributed by atoms with Gasteiger partial charge in [0.15, 0.2) is 0 Å². The Kier molecular flexibility index (Phi) is 7.52. The second kappa shape index (κ2) is 9.39. The smallest absolute Gasteiger partial charge is 0.411 e. The molecule has 0 fully saturated rings. The summed E-state index contributed by atoms with van der Waals surface area (Å²) in [6.07, 6.45) is -0.792. The molecule has 126 valence electrons. The molecule has 8 heteroatoms. The predicted molar refractivity (Wildman–Crippen MR) is 80.9 cm³/mol. The zero-order chi connectivity index (χ0) is 17.2. The molecule has 0 aliphatic heterocycles. The highest BCUT2D eigenvalue weighted by Crippen LogP contribution is 2.10. The van der Waals surface area contributed by atoms with Gasteiger partial charge in [-0.1, -0.05) is 0 Å². The van der Waals surface area contributed by atoms with Gasteiger partial charge in [-0.05, 0) is 31.2 Å². The Morgan fingerprint density at radius 2 is 1.87 bits per heavy atom. The average Bonchev–Trinajstić information content (AvgIpc) is 2.55. The van der Waals surface area contributed by atoms with E-state index in [0.29, 0.717) is 5.69 Å². The predicted octanol–water partition coefficient (Wildman–Crippen LogP) is 1.89. The van der Waals surface area contributed by atoms with Crippen molar-refractivity contribution in [1.29, 1.82) is 0 Å². The number of ether oxygens (including phenoxy) is 2. The van der Waals surface area contributed by atoms with Crippen LogP contribution in [0.25, 0.3) is 0 Å². The van der Waals surface area contributed by atoms with Crippen LogP contribution in [0.2, 0.25) is 0 Å². The van der Waals surface area contributed by atoms with Gasteiger partial charge in [0.05, 0.1) is 20.4 Å². The Bertz CT molecular complexity index is 547. The molecule has 1 atom stereocenters. The van der Waals surface area contributed by atoms with E-state index in [0.717, 1.165) is 0 Å². The highest BCUT2D eigenvalue weighted by molar-refractivity contribution is 5.97. The van der Waals surface area contributed by atoms with Crippen molar-refractivity contribution >= 4 is 23.7 Å². The molecule has 2 amide bonds. The SMILES string of the molecule is CCOC(=O)C(CCF)NC(=O)c1ccc(NC(=O)OC)cc1. The highest BCUT2D eigenvalue weighted by Gasteiger charge is 2.22. The van der Waals surface area contributed by atoms with Gasteiger partial charge in [0.1, 0.15) is 6.04 Å². The third kappa shape index (κ3) is 5.93. The first kappa shape index (κ1) is 18.4. The molecule has 1 rings (SSSR count). The molecule has 0 bridgehead atoms. The van der Waals surface area contributed by atoms with Crippen LogP contribution in [0.15, 0.2) is 24.3 Å². The molecule has 0 spiro atoms. The van der Waals surface area contributed by atoms with E-state index in [1.807, 2.05) is 0 Å². The van der Waals surface area contributed by atoms with Gasteiger partial charge in [0.2, 0.25) is 0 Å². The number of halogens is 1. The van der Waals surface area contributed by atoms with E-state index < -0.39 is 30.7 Å². The lowest BCUT2D eigenvalue weighted by Gasteiger charge is -2.16. The molecule has 0 radical (unpaired) electrons. The Morgan fingerprint density at radius 1 is 1.22 bits per heavy atom. The zero-order valence-corrected chi connectivity index (χ0v) is 12.9. The maximum atomic E-state index is 12.5. The summed E-state index contributed by atoms with van der Waals surface area (Å²) in [5.41, 5.74) is 0.702. The first-order valence-electron chi connectivity index (χ1n) is 7.00. The highest BCUT2D eigenvalue weighted by atomic mass is 19.1. The fourth-order valence-corrected chi connectivity index (χ4v) is 1.72. The molecule has 23 heavy (non-hydrogen) atoms. The second-order valence-corrected chi connectivity index (χ2v) is 4.45. The van der Waals surface area contributed by atoms with Gasteiger partial charge < -0.3 is 14.8 Å². The fraction of sp³-hybridized carbons (Fsp3) is 0.400. The van der Waals surface area contributed by atoms with E-state index in [4.69, 9.17) is 4.74 Å². The largest absolute Gasteiger partial charge is 0.464 e. The van der Waals surface area contributed by atoms with E-state index in [1.54, 1.807) is 6.92 Å². The molecule has 7 nitrogen and oxygen atoms in total. The van der Waals surface area contributed by atoms with Gasteiger partial charge in [-0.25, -0.2) is 9.59 Å². The molecule has 0 saturated carbocycles. The molecule has 1 aromatic carbocycles. The topological polar surface area (TPSA) is 93.7 Å². The van der Waals surface area contributed by atoms with Crippen molar-refractivity contribution in [1.82, 2.24) is 5.32 Å². The quantitative estimate of drug-likeness (QED) is 0.746. The molecule has 0 heterocycles. The molecular weight excluding hydrogens is 307 g/mol. The van der Waals surface area contributed by atoms with Crippen molar-refractivity contribution in [2.24, 2.45) is 0 Å². The first-order valence-corrected chi connectivity index (χ1v) is 7.00. The van der Waals surface area contributed by atoms with Crippen molar-refractivity contribution in [3.8, 4) is 0 Å². The molecule has 0 aliphatic rings. The normalized spacial score (nSPS) is 11.3. The van der Waals surface area contributed by atoms with Crippen LogP contribution in [0.1, 0.15) is 23.7 Å². The summed E-state index contributed by atoms with van der Waals surface area (Å²) in [4.78, 5) is 34.8. The number of amides is 2. The van der Waals surface area contributed by atoms with Gasteiger partial charge >= 0.3 is 12.1 Å². The van der Waals surface area contributed by atoms with Gasteiger partial charge in [0, 0.05) is 17.7 Å². The van der Waals surface area contributed by atoms with Crippen LogP contribution in [0.4, 0.5) is 14.9 Å². The van der Waals surface area contributed by atoms with Crippen molar-refractivity contribution in [2.45, 2.75) is 19.4 Å². The minimum Gasteiger partial charge on any atom is -0.464 e. The number of anilines is 1. The average molecular weight is 326 g/mol. The number of hydrogen-bond donors (Lipinski definition) is 2. The summed E-state index contributed by atoms with van der Waals surface area (Å²) in [6.45, 7) is 1.01. The van der Waals surface area contributed by atoms with Crippen LogP contribution >= 0.6 is 0 Å². The lowest BCUT2D eigenvalue weighted by molar-refractivity contribution is -0.145. The minimum absolute atomic E-state index is 0.144. The fourth-order valence-electron chi connectivity index (χ4n) is 1.72. The number of benzene rings is 1. The van der Waals surface area contributed by atoms with Crippen molar-refractivity contribution < 1.29 is 28.2 Å². The third-order valence-corrected chi connectivity index (χ3v) is 2.85. The Labute approximate surface area is 133 Å². The van der Waals surface area contributed by atoms with Gasteiger partial charge in [0.25, 0.3) is 5.91 Å². The third-order valence-electron chi connectivity index (χ3n) is 2.85. The number of rotatable bonds is 7. The molecular formula is C15H19FN2O5. The van der Waals surface area contributed by atoms with Crippen LogP contribution in [0, 0.1) is 0 Å². The molecule has 1 aromatic rings. The van der Waals surface area contributed by atoms with Crippen LogP contribution in [0.3, 0.4) is 0 Å². The van der Waals surface area contributed by atoms with Crippen LogP contribution in [-0.2, 0) is 14.3 Å². The van der Waals surface area contributed by atoms with E-state index >= 15 is 0 Å². The van der Waals surface area contributed by atoms with Crippen LogP contribution < -0.4 is 10.6 Å². The standard InChI is InChI=1S/C15H19FN2O5/c1-3-23-14(20)12(8-9-16)18-13(19)10-4-6-11(7-5-10)17-15(21)22-2/h4-7,12H,3,8-9H2,1-2H3,(H,17,21)(H,18,19). The number of hydrogen-bond acceptors (Lipinski definition) is 5. The van der Waals surface area contributed by atoms with Crippen LogP contribution in [-0.4, -0.2) is 44.4 Å². The summed E-state index contributed by atoms with van der Waals surface area (Å²) in [5, 5.41) is 4.86. The van der Waals surface area contributed by atoms with Crippen molar-refractivity contribution in [3.63, 3.8) is 0 Å². The maximum Gasteiger partial charge on any atom is 0.411 e. The number of alkyl halides is 1. The maximum absolute atomic E-state index is 12.5. The van der Waals surface area contributed by atoms with E-state index in [9.17, 15) is 18.8 Å². The number of nitrogens with one attached hydrogen (secondary N) is 2. The van der Waals surface area contributed by atoms with Gasteiger partial charge in [-0.15, -0.1) is 0 Å². The van der Waals surface area contributed by atoms with Gasteiger partial charge in [-0.3, -0.25) is 14.5 Å². The van der Waals surface area contributed by atoms with Gasteiger partial charge in [-0.2, -0.15) is 0 Å². The van der Waals surface area contributed by atoms with Crippen molar-refractivity contribution in [2.75, 3.05) is 25.7 Å². The summed E-state index contributed by atoms with van der Waals surface area (Å²) in [5.74, 6) is -1.22. The summed E-state index contributed by atoms with van der Waals surface area (Å²) < 4.78 is 21.7. The molecule has 0 aromatic heterocycles. The molecule has 1 unspecified atom stereocenters. The first-order chi connectivity index (χ1) is 11.0. The summed E-state index contributed by atoms with van der Waals surface area (Å²) in [6, 6.07) is 4.87. The number of methoxy groups -OCH3 is 1. The van der Waals surface area contributed by atoms with Crippen molar-refractivity contribution in [3.05, 3.63) is 29.8 Å². The monoisotopic (exact) mass is 326 g/mol. The lowest BCUT2D eigenvalue weighted by Crippen LogP contribution is -2.42. The zero-order valence-electron chi connectivity index (χ0n) is 12.9. The van der Waals surface area contributed by atoms with E-state index in [-0.39, 0.29) is 18.6 Å². The minimum atomic E-state index is -1.04.